The first kappa shape index (κ1) is 63.3. The molecule has 1 fully saturated rings. The number of Topliss-reactive ketones (excluding diaryl/α,β-unsaturated/α-hetero) is 1. The number of ketones is 1. The number of hydrogen-bond donors (Lipinski definition) is 7. The lowest BCUT2D eigenvalue weighted by Gasteiger charge is -2.38. The number of aromatic nitrogens is 2. The number of hydrogen-bond acceptors (Lipinski definition) is 18. The summed E-state index contributed by atoms with van der Waals surface area (Å²) in [5.74, 6) is -5.22. The quantitative estimate of drug-likeness (QED) is 0.0284. The van der Waals surface area contributed by atoms with E-state index in [1.54, 1.807) is 12.2 Å². The molecule has 2 aliphatic heterocycles. The average Bonchev–Trinajstić information content (AvgIpc) is 3.33. The van der Waals surface area contributed by atoms with Crippen LogP contribution in [0.2, 0.25) is 0 Å². The zero-order valence-corrected chi connectivity index (χ0v) is 43.9. The summed E-state index contributed by atoms with van der Waals surface area (Å²) in [6.07, 6.45) is 17.6. The molecule has 1 saturated heterocycles. The van der Waals surface area contributed by atoms with E-state index in [9.17, 15) is 58.5 Å². The number of ether oxygens (including phenoxy) is 3. The van der Waals surface area contributed by atoms with Crippen LogP contribution in [0.1, 0.15) is 142 Å². The van der Waals surface area contributed by atoms with Gasteiger partial charge in [0.25, 0.3) is 0 Å². The van der Waals surface area contributed by atoms with E-state index in [4.69, 9.17) is 29.0 Å². The third-order valence-electron chi connectivity index (χ3n) is 11.9. The van der Waals surface area contributed by atoms with E-state index in [0.29, 0.717) is 32.1 Å². The van der Waals surface area contributed by atoms with Gasteiger partial charge < -0.3 is 50.2 Å². The molecule has 11 atom stereocenters. The number of rotatable bonds is 21. The predicted molar refractivity (Wildman–Crippen MR) is 271 cm³/mol. The summed E-state index contributed by atoms with van der Waals surface area (Å²) in [7, 11) is -11.3. The van der Waals surface area contributed by atoms with Crippen molar-refractivity contribution in [3.8, 4) is 0 Å². The second-order valence-corrected chi connectivity index (χ2v) is 21.1. The molecule has 8 N–H and O–H groups in total. The van der Waals surface area contributed by atoms with Gasteiger partial charge in [-0.1, -0.05) is 107 Å². The van der Waals surface area contributed by atoms with E-state index >= 15 is 0 Å². The number of nitrogen functional groups attached to an aromatic ring is 1. The van der Waals surface area contributed by atoms with Crippen molar-refractivity contribution < 1.29 is 81.3 Å². The van der Waals surface area contributed by atoms with Crippen LogP contribution in [-0.4, -0.2) is 114 Å². The van der Waals surface area contributed by atoms with Gasteiger partial charge >= 0.3 is 33.3 Å². The van der Waals surface area contributed by atoms with Crippen LogP contribution in [0.15, 0.2) is 77.8 Å². The van der Waals surface area contributed by atoms with Crippen LogP contribution < -0.4 is 11.4 Å². The fourth-order valence-electron chi connectivity index (χ4n) is 7.83. The van der Waals surface area contributed by atoms with Crippen LogP contribution >= 0.6 is 15.6 Å². The Kier molecular flexibility index (Phi) is 30.0. The van der Waals surface area contributed by atoms with Gasteiger partial charge in [0, 0.05) is 31.4 Å². The van der Waals surface area contributed by atoms with Gasteiger partial charge in [0.2, 0.25) is 0 Å². The van der Waals surface area contributed by atoms with Crippen molar-refractivity contribution in [3.05, 3.63) is 83.5 Å². The molecule has 0 spiro atoms. The monoisotopic (exact) mass is 1070 g/mol. The van der Waals surface area contributed by atoms with Crippen molar-refractivity contribution in [1.29, 1.82) is 0 Å². The van der Waals surface area contributed by atoms with Gasteiger partial charge in [-0.05, 0) is 76.7 Å². The molecule has 0 saturated carbocycles. The molecule has 0 amide bonds. The molecular weight excluding hydrogens is 993 g/mol. The smallest absolute Gasteiger partial charge is 0.462 e. The zero-order chi connectivity index (χ0) is 53.7. The van der Waals surface area contributed by atoms with Crippen molar-refractivity contribution in [3.63, 3.8) is 0 Å². The molecule has 1 aromatic rings. The highest BCUT2D eigenvalue weighted by Crippen LogP contribution is 2.60. The first-order chi connectivity index (χ1) is 34.9. The Bertz CT molecular complexity index is 2130. The summed E-state index contributed by atoms with van der Waals surface area (Å²) in [5, 5.41) is 45.5. The zero-order valence-electron chi connectivity index (χ0n) is 42.1. The van der Waals surface area contributed by atoms with Crippen molar-refractivity contribution in [2.24, 2.45) is 11.8 Å². The highest BCUT2D eigenvalue weighted by molar-refractivity contribution is 7.61. The van der Waals surface area contributed by atoms with E-state index in [2.05, 4.69) is 40.5 Å². The summed E-state index contributed by atoms with van der Waals surface area (Å²) in [4.78, 5) is 78.3. The number of esters is 2. The maximum Gasteiger partial charge on any atom is 0.481 e. The normalized spacial score (nSPS) is 29.9. The van der Waals surface area contributed by atoms with E-state index in [-0.39, 0.29) is 37.9 Å². The SMILES string of the molecule is CCCCC/C=C\C/C=C\C/C=C\CCCCC(=O)O[C@@H]1COC(=O)CCC/C=C\C[C@H]2C(=O)C[C@@H](O)[C@H](/C=C/[C@@H](O)CCCCC)[C@H](O)[C@H](O)[C@@H](COP(=O)(O)OP(=O)(O)OC1)O[C@H]2n1ccc(N)nc1=O. The first-order valence-electron chi connectivity index (χ1n) is 25.4. The molecule has 2 aliphatic rings. The van der Waals surface area contributed by atoms with Gasteiger partial charge in [0.05, 0.1) is 37.4 Å². The number of allylic oxidation sites excluding steroid dienone is 8. The number of unbranched alkanes of at least 4 members (excludes halogenated alkanes) is 7. The Balaban J connectivity index is 1.83. The Hall–Kier alpha value is -3.95. The van der Waals surface area contributed by atoms with Crippen LogP contribution in [0.3, 0.4) is 0 Å². The molecule has 1 aromatic heterocycles. The van der Waals surface area contributed by atoms with E-state index < -0.39 is 120 Å². The molecule has 0 radical (unpaired) electrons. The largest absolute Gasteiger partial charge is 0.481 e. The number of nitrogens with two attached hydrogens (primary N) is 1. The molecule has 412 valence electrons. The van der Waals surface area contributed by atoms with Gasteiger partial charge in [-0.25, -0.2) is 13.9 Å². The van der Waals surface area contributed by atoms with E-state index in [1.807, 2.05) is 19.1 Å². The van der Waals surface area contributed by atoms with Crippen LogP contribution in [0.5, 0.6) is 0 Å². The third-order valence-corrected chi connectivity index (χ3v) is 14.5. The van der Waals surface area contributed by atoms with Crippen molar-refractivity contribution in [2.75, 3.05) is 25.6 Å². The van der Waals surface area contributed by atoms with E-state index in [1.165, 1.54) is 37.5 Å². The minimum Gasteiger partial charge on any atom is -0.462 e. The molecule has 2 unspecified atom stereocenters. The molecule has 3 heterocycles. The van der Waals surface area contributed by atoms with Gasteiger partial charge in [-0.3, -0.25) is 28.0 Å². The number of phosphoric acid groups is 2. The number of carbonyl (C=O) groups is 3. The topological polar surface area (TPSA) is 323 Å². The highest BCUT2D eigenvalue weighted by atomic mass is 31.3. The molecule has 2 bridgehead atoms. The maximum atomic E-state index is 14.3. The lowest BCUT2D eigenvalue weighted by molar-refractivity contribution is -0.183. The Morgan fingerprint density at radius 2 is 1.52 bits per heavy atom. The number of aliphatic hydroxyl groups is 4. The second-order valence-electron chi connectivity index (χ2n) is 18.1. The van der Waals surface area contributed by atoms with Gasteiger partial charge in [-0.15, -0.1) is 0 Å². The summed E-state index contributed by atoms with van der Waals surface area (Å²) in [6.45, 7) is 1.35. The molecular formula is C50H79N3O18P2. The molecule has 23 heteroatoms. The van der Waals surface area contributed by atoms with Gasteiger partial charge in [0.15, 0.2) is 6.10 Å². The minimum absolute atomic E-state index is 0.0559. The number of phosphoric ester groups is 2. The first-order valence-corrected chi connectivity index (χ1v) is 28.4. The summed E-state index contributed by atoms with van der Waals surface area (Å²) < 4.78 is 58.8. The molecule has 0 aliphatic carbocycles. The number of anilines is 1. The van der Waals surface area contributed by atoms with Crippen LogP contribution in [0, 0.1) is 11.8 Å². The second kappa shape index (κ2) is 34.6. The van der Waals surface area contributed by atoms with Gasteiger partial charge in [0.1, 0.15) is 36.6 Å². The number of fused-ring (bicyclic) bond motifs is 3. The van der Waals surface area contributed by atoms with Crippen molar-refractivity contribution in [2.45, 2.75) is 179 Å². The van der Waals surface area contributed by atoms with Crippen LogP contribution in [-0.2, 0) is 51.1 Å². The average molecular weight is 1070 g/mol. The highest BCUT2D eigenvalue weighted by Gasteiger charge is 2.45. The molecule has 73 heavy (non-hydrogen) atoms. The van der Waals surface area contributed by atoms with Crippen LogP contribution in [0.4, 0.5) is 5.82 Å². The Morgan fingerprint density at radius 1 is 0.877 bits per heavy atom. The lowest BCUT2D eigenvalue weighted by Crippen LogP contribution is -2.51. The number of nitrogens with zero attached hydrogens (tertiary/aromatic N) is 2. The van der Waals surface area contributed by atoms with E-state index in [0.717, 1.165) is 42.9 Å². The molecule has 0 aromatic carbocycles. The minimum atomic E-state index is -5.73. The molecule has 3 rings (SSSR count). The van der Waals surface area contributed by atoms with Crippen molar-refractivity contribution in [1.82, 2.24) is 9.55 Å². The standard InChI is InChI=1S/C50H79N3O18P2/c1-3-5-7-8-9-10-11-12-13-14-15-16-17-18-24-28-46(58)69-38-34-66-45(57)27-23-20-19-22-26-40-42(56)33-41(55)39(30-29-37(54)25-21-6-4-2)47(59)48(60)43(36-68-73(64,65)71-72(62,63)67-35-38)70-49(40)53-32-31-44(51)52-50(53)61/h9-10,12-13,15-16,19,22,29-32,37-41,43,47-49,54-55,59-60H,3-8,11,14,17-18,20-21,23-28,33-36H2,1-2H3,(H,62,63)(H,64,65)(H2,51,52,61)/b10-9-,13-12-,16-15-,22-19-,30-29+/t37-,38+,39-,40-,41+,43+,47-,48+,49+/m0/s1. The van der Waals surface area contributed by atoms with Crippen molar-refractivity contribution >= 4 is 39.2 Å². The third kappa shape index (κ3) is 25.4. The Morgan fingerprint density at radius 3 is 2.19 bits per heavy atom. The Labute approximate surface area is 428 Å². The fourth-order valence-corrected chi connectivity index (χ4v) is 9.94. The number of carbonyl (C=O) groups excluding carboxylic acids is 3. The summed E-state index contributed by atoms with van der Waals surface area (Å²) >= 11 is 0. The number of aliphatic hydroxyl groups excluding tert-OH is 4. The number of cyclic esters (lactones) is 1. The van der Waals surface area contributed by atoms with Gasteiger partial charge in [-0.2, -0.15) is 9.29 Å². The summed E-state index contributed by atoms with van der Waals surface area (Å²) in [5.41, 5.74) is 4.71. The lowest BCUT2D eigenvalue weighted by atomic mass is 9.83. The van der Waals surface area contributed by atoms with Crippen LogP contribution in [0.25, 0.3) is 0 Å². The summed E-state index contributed by atoms with van der Waals surface area (Å²) in [6, 6.07) is 1.21. The molecule has 21 nitrogen and oxygen atoms in total. The fraction of sp³-hybridized carbons (Fsp3) is 0.660. The predicted octanol–water partition coefficient (Wildman–Crippen LogP) is 6.92. The maximum absolute atomic E-state index is 14.3.